The maximum atomic E-state index is 13.9. The van der Waals surface area contributed by atoms with Crippen LogP contribution in [-0.2, 0) is 25.0 Å². The van der Waals surface area contributed by atoms with Gasteiger partial charge < -0.3 is 10.4 Å². The molecule has 7 nitrogen and oxygen atoms in total. The second-order valence-electron chi connectivity index (χ2n) is 8.38. The minimum absolute atomic E-state index is 0.0512. The number of aliphatic hydroxyl groups is 1. The molecule has 2 aromatic carbocycles. The van der Waals surface area contributed by atoms with E-state index in [-0.39, 0.29) is 16.2 Å². The summed E-state index contributed by atoms with van der Waals surface area (Å²) in [6.45, 7) is 4.08. The Balaban J connectivity index is 2.14. The molecule has 176 valence electrons. The molecule has 33 heavy (non-hydrogen) atoms. The number of amides is 1. The summed E-state index contributed by atoms with van der Waals surface area (Å²) in [5, 5.41) is 18.8. The lowest BCUT2D eigenvalue weighted by atomic mass is 9.63. The van der Waals surface area contributed by atoms with Crippen LogP contribution in [-0.4, -0.2) is 25.2 Å². The van der Waals surface area contributed by atoms with Gasteiger partial charge in [-0.2, -0.15) is 0 Å². The van der Waals surface area contributed by atoms with Crippen LogP contribution in [0.4, 0.5) is 5.69 Å². The molecule has 0 fully saturated rings. The van der Waals surface area contributed by atoms with E-state index in [1.54, 1.807) is 18.2 Å². The Bertz CT molecular complexity index is 1190. The largest absolute Gasteiger partial charge is 0.506 e. The quantitative estimate of drug-likeness (QED) is 0.467. The number of carbonyl (C=O) groups is 2. The molecule has 0 atom stereocenters. The first kappa shape index (κ1) is 24.7. The van der Waals surface area contributed by atoms with Crippen molar-refractivity contribution in [3.05, 3.63) is 65.2 Å². The summed E-state index contributed by atoms with van der Waals surface area (Å²) >= 11 is 0. The van der Waals surface area contributed by atoms with Gasteiger partial charge in [-0.25, -0.2) is 13.6 Å². The van der Waals surface area contributed by atoms with E-state index < -0.39 is 32.9 Å². The molecule has 3 rings (SSSR count). The Morgan fingerprint density at radius 3 is 2.18 bits per heavy atom. The number of para-hydroxylation sites is 1. The van der Waals surface area contributed by atoms with Gasteiger partial charge in [0.15, 0.2) is 5.78 Å². The summed E-state index contributed by atoms with van der Waals surface area (Å²) in [5.41, 5.74) is -0.152. The van der Waals surface area contributed by atoms with Crippen LogP contribution in [0, 0.1) is 0 Å². The zero-order valence-corrected chi connectivity index (χ0v) is 19.7. The van der Waals surface area contributed by atoms with Crippen LogP contribution in [0.15, 0.2) is 59.0 Å². The van der Waals surface area contributed by atoms with Gasteiger partial charge in [-0.3, -0.25) is 9.59 Å². The zero-order chi connectivity index (χ0) is 24.2. The van der Waals surface area contributed by atoms with E-state index in [1.807, 2.05) is 26.0 Å². The van der Waals surface area contributed by atoms with E-state index >= 15 is 0 Å². The predicted octanol–water partition coefficient (Wildman–Crippen LogP) is 4.44. The Morgan fingerprint density at radius 1 is 1.00 bits per heavy atom. The van der Waals surface area contributed by atoms with E-state index in [2.05, 4.69) is 5.32 Å². The molecule has 0 saturated heterocycles. The maximum absolute atomic E-state index is 13.9. The van der Waals surface area contributed by atoms with E-state index in [0.717, 1.165) is 31.2 Å². The number of carbonyl (C=O) groups excluding carboxylic acids is 2. The van der Waals surface area contributed by atoms with Gasteiger partial charge >= 0.3 is 0 Å². The number of rotatable bonds is 9. The van der Waals surface area contributed by atoms with E-state index in [0.29, 0.717) is 18.4 Å². The molecule has 0 heterocycles. The monoisotopic (exact) mass is 470 g/mol. The first-order valence-electron chi connectivity index (χ1n) is 11.2. The number of fused-ring (bicyclic) bond motifs is 1. The molecule has 2 aromatic rings. The van der Waals surface area contributed by atoms with Crippen LogP contribution in [0.1, 0.15) is 63.5 Å². The van der Waals surface area contributed by atoms with Crippen LogP contribution in [0.5, 0.6) is 0 Å². The summed E-state index contributed by atoms with van der Waals surface area (Å²) < 4.78 is 23.9. The van der Waals surface area contributed by atoms with E-state index in [9.17, 15) is 23.1 Å². The molecule has 1 amide bonds. The van der Waals surface area contributed by atoms with Crippen molar-refractivity contribution in [2.75, 3.05) is 5.32 Å². The van der Waals surface area contributed by atoms with Gasteiger partial charge in [0.1, 0.15) is 16.2 Å². The number of nitrogens with one attached hydrogen (secondary N) is 1. The SMILES string of the molecule is CCCCC1(CCCC)C(=O)C(C(=O)Nc2ccccc2S(N)(=O)=O)=C(O)c2ccccc21. The highest BCUT2D eigenvalue weighted by Gasteiger charge is 2.48. The third-order valence-electron chi connectivity index (χ3n) is 6.18. The molecule has 4 N–H and O–H groups in total. The minimum atomic E-state index is -4.11. The average Bonchev–Trinajstić information content (AvgIpc) is 2.78. The van der Waals surface area contributed by atoms with Gasteiger partial charge in [0.05, 0.1) is 11.1 Å². The number of ketones is 1. The Labute approximate surface area is 194 Å². The van der Waals surface area contributed by atoms with Gasteiger partial charge in [-0.05, 0) is 30.5 Å². The smallest absolute Gasteiger partial charge is 0.263 e. The summed E-state index contributed by atoms with van der Waals surface area (Å²) in [7, 11) is -4.11. The normalized spacial score (nSPS) is 15.3. The summed E-state index contributed by atoms with van der Waals surface area (Å²) in [6.07, 6.45) is 4.43. The van der Waals surface area contributed by atoms with Gasteiger partial charge in [0.25, 0.3) is 5.91 Å². The van der Waals surface area contributed by atoms with Gasteiger partial charge in [0, 0.05) is 5.56 Å². The fourth-order valence-electron chi connectivity index (χ4n) is 4.50. The number of aliphatic hydroxyl groups excluding tert-OH is 1. The number of sulfonamides is 1. The summed E-state index contributed by atoms with van der Waals surface area (Å²) in [6, 6.07) is 12.8. The van der Waals surface area contributed by atoms with Crippen molar-refractivity contribution < 1.29 is 23.1 Å². The molecule has 0 bridgehead atoms. The van der Waals surface area contributed by atoms with E-state index in [1.165, 1.54) is 18.2 Å². The lowest BCUT2D eigenvalue weighted by Crippen LogP contribution is -2.43. The van der Waals surface area contributed by atoms with Crippen LogP contribution in [0.3, 0.4) is 0 Å². The number of primary sulfonamides is 1. The van der Waals surface area contributed by atoms with Crippen molar-refractivity contribution >= 4 is 33.2 Å². The molecular formula is C25H30N2O5S. The van der Waals surface area contributed by atoms with Crippen molar-refractivity contribution in [2.45, 2.75) is 62.7 Å². The number of nitrogens with two attached hydrogens (primary N) is 1. The van der Waals surface area contributed by atoms with Crippen molar-refractivity contribution in [3.63, 3.8) is 0 Å². The van der Waals surface area contributed by atoms with Gasteiger partial charge in [-0.15, -0.1) is 0 Å². The third-order valence-corrected chi connectivity index (χ3v) is 7.15. The van der Waals surface area contributed by atoms with Crippen molar-refractivity contribution in [1.29, 1.82) is 0 Å². The fourth-order valence-corrected chi connectivity index (χ4v) is 5.20. The molecule has 0 saturated carbocycles. The summed E-state index contributed by atoms with van der Waals surface area (Å²) in [5.74, 6) is -1.70. The molecule has 0 spiro atoms. The number of hydrogen-bond acceptors (Lipinski definition) is 5. The molecule has 8 heteroatoms. The summed E-state index contributed by atoms with van der Waals surface area (Å²) in [4.78, 5) is 27.0. The Hall–Kier alpha value is -2.97. The van der Waals surface area contributed by atoms with Crippen LogP contribution < -0.4 is 10.5 Å². The molecule has 0 radical (unpaired) electrons. The third kappa shape index (κ3) is 4.72. The second kappa shape index (κ2) is 9.89. The Kier molecular flexibility index (Phi) is 7.39. The van der Waals surface area contributed by atoms with Crippen molar-refractivity contribution in [3.8, 4) is 0 Å². The number of hydrogen-bond donors (Lipinski definition) is 3. The fraction of sp³-hybridized carbons (Fsp3) is 0.360. The van der Waals surface area contributed by atoms with Crippen LogP contribution >= 0.6 is 0 Å². The van der Waals surface area contributed by atoms with Gasteiger partial charge in [-0.1, -0.05) is 75.9 Å². The topological polar surface area (TPSA) is 127 Å². The predicted molar refractivity (Wildman–Crippen MR) is 128 cm³/mol. The maximum Gasteiger partial charge on any atom is 0.263 e. The molecule has 0 aromatic heterocycles. The first-order valence-corrected chi connectivity index (χ1v) is 12.7. The van der Waals surface area contributed by atoms with Crippen LogP contribution in [0.2, 0.25) is 0 Å². The molecule has 0 unspecified atom stereocenters. The standard InChI is InChI=1S/C25H30N2O5S/c1-3-5-15-25(16-6-4-2)18-12-8-7-11-17(18)22(28)21(23(25)29)24(30)27-19-13-9-10-14-20(19)33(26,31)32/h7-14,28H,3-6,15-16H2,1-2H3,(H,27,30)(H2,26,31,32). The number of unbranched alkanes of at least 4 members (excludes halogenated alkanes) is 2. The molecular weight excluding hydrogens is 440 g/mol. The van der Waals surface area contributed by atoms with Crippen molar-refractivity contribution in [1.82, 2.24) is 0 Å². The average molecular weight is 471 g/mol. The number of benzene rings is 2. The highest BCUT2D eigenvalue weighted by molar-refractivity contribution is 7.89. The molecule has 1 aliphatic rings. The van der Waals surface area contributed by atoms with Gasteiger partial charge in [0.2, 0.25) is 10.0 Å². The zero-order valence-electron chi connectivity index (χ0n) is 18.9. The highest BCUT2D eigenvalue weighted by atomic mass is 32.2. The number of Topliss-reactive ketones (excluding diaryl/α,β-unsaturated/α-hetero) is 1. The van der Waals surface area contributed by atoms with E-state index in [4.69, 9.17) is 5.14 Å². The first-order chi connectivity index (χ1) is 15.7. The van der Waals surface area contributed by atoms with Crippen LogP contribution in [0.25, 0.3) is 5.76 Å². The highest BCUT2D eigenvalue weighted by Crippen LogP contribution is 2.46. The minimum Gasteiger partial charge on any atom is -0.506 e. The lowest BCUT2D eigenvalue weighted by molar-refractivity contribution is -0.124. The van der Waals surface area contributed by atoms with Crippen molar-refractivity contribution in [2.24, 2.45) is 5.14 Å². The lowest BCUT2D eigenvalue weighted by Gasteiger charge is -2.38. The molecule has 1 aliphatic carbocycles. The second-order valence-corrected chi connectivity index (χ2v) is 9.91. The number of anilines is 1. The Morgan fingerprint density at radius 2 is 1.58 bits per heavy atom. The molecule has 0 aliphatic heterocycles.